The number of para-hydroxylation sites is 1. The van der Waals surface area contributed by atoms with Crippen LogP contribution in [0.2, 0.25) is 5.02 Å². The molecule has 3 aromatic carbocycles. The maximum atomic E-state index is 13.1. The summed E-state index contributed by atoms with van der Waals surface area (Å²) in [6.07, 6.45) is 0. The van der Waals surface area contributed by atoms with Crippen LogP contribution in [-0.2, 0) is 15.1 Å². The van der Waals surface area contributed by atoms with E-state index in [4.69, 9.17) is 11.6 Å². The molecule has 1 heterocycles. The number of nitrogens with one attached hydrogen (secondary N) is 2. The van der Waals surface area contributed by atoms with Crippen LogP contribution in [-0.4, -0.2) is 29.3 Å². The van der Waals surface area contributed by atoms with Gasteiger partial charge in [-0.25, -0.2) is 4.79 Å². The van der Waals surface area contributed by atoms with Crippen LogP contribution in [0.5, 0.6) is 0 Å². The maximum Gasteiger partial charge on any atom is 0.325 e. The number of anilines is 1. The molecule has 0 saturated carbocycles. The number of imide groups is 1. The lowest BCUT2D eigenvalue weighted by Gasteiger charge is -2.23. The van der Waals surface area contributed by atoms with Crippen molar-refractivity contribution in [2.75, 3.05) is 11.9 Å². The second-order valence-corrected chi connectivity index (χ2v) is 8.91. The zero-order valence-corrected chi connectivity index (χ0v) is 18.7. The second-order valence-electron chi connectivity index (χ2n) is 7.39. The van der Waals surface area contributed by atoms with Gasteiger partial charge in [0.05, 0.1) is 5.69 Å². The standard InChI is InChI=1S/C24H20ClN3O3S/c1-24(17-11-5-6-12-18(17)25)22(30)28(23(31)27-24)15-21(29)26-19-13-7-8-14-20(19)32-16-9-3-2-4-10-16/h2-14H,15H2,1H3,(H,26,29)(H,27,31)/t24-/m1/s1. The van der Waals surface area contributed by atoms with E-state index < -0.39 is 29.9 Å². The maximum absolute atomic E-state index is 13.1. The average molecular weight is 466 g/mol. The predicted molar refractivity (Wildman–Crippen MR) is 125 cm³/mol. The third-order valence-electron chi connectivity index (χ3n) is 5.12. The van der Waals surface area contributed by atoms with Gasteiger partial charge in [0.1, 0.15) is 12.1 Å². The number of rotatable bonds is 6. The van der Waals surface area contributed by atoms with E-state index in [-0.39, 0.29) is 0 Å². The molecule has 2 N–H and O–H groups in total. The molecule has 4 amide bonds. The van der Waals surface area contributed by atoms with E-state index in [2.05, 4.69) is 10.6 Å². The molecule has 0 bridgehead atoms. The number of hydrogen-bond acceptors (Lipinski definition) is 4. The number of halogens is 1. The van der Waals surface area contributed by atoms with Crippen molar-refractivity contribution in [1.82, 2.24) is 10.2 Å². The lowest BCUT2D eigenvalue weighted by Crippen LogP contribution is -2.42. The van der Waals surface area contributed by atoms with Gasteiger partial charge in [0, 0.05) is 20.4 Å². The Bertz CT molecular complexity index is 1190. The summed E-state index contributed by atoms with van der Waals surface area (Å²) in [6, 6.07) is 23.3. The van der Waals surface area contributed by atoms with Gasteiger partial charge in [-0.15, -0.1) is 0 Å². The predicted octanol–water partition coefficient (Wildman–Crippen LogP) is 4.90. The average Bonchev–Trinajstić information content (AvgIpc) is 3.00. The van der Waals surface area contributed by atoms with Crippen LogP contribution in [0, 0.1) is 0 Å². The van der Waals surface area contributed by atoms with Crippen molar-refractivity contribution < 1.29 is 14.4 Å². The molecule has 1 aliphatic rings. The Kier molecular flexibility index (Phi) is 6.21. The highest BCUT2D eigenvalue weighted by molar-refractivity contribution is 7.99. The van der Waals surface area contributed by atoms with Gasteiger partial charge < -0.3 is 10.6 Å². The van der Waals surface area contributed by atoms with Gasteiger partial charge in [-0.1, -0.05) is 71.9 Å². The van der Waals surface area contributed by atoms with Crippen LogP contribution in [0.15, 0.2) is 88.7 Å². The topological polar surface area (TPSA) is 78.5 Å². The third-order valence-corrected chi connectivity index (χ3v) is 6.53. The van der Waals surface area contributed by atoms with Crippen molar-refractivity contribution in [1.29, 1.82) is 0 Å². The van der Waals surface area contributed by atoms with Gasteiger partial charge in [-0.2, -0.15) is 0 Å². The summed E-state index contributed by atoms with van der Waals surface area (Å²) in [5.41, 5.74) is -0.253. The Morgan fingerprint density at radius 3 is 2.41 bits per heavy atom. The zero-order chi connectivity index (χ0) is 22.7. The van der Waals surface area contributed by atoms with Crippen LogP contribution in [0.3, 0.4) is 0 Å². The zero-order valence-electron chi connectivity index (χ0n) is 17.2. The molecule has 32 heavy (non-hydrogen) atoms. The van der Waals surface area contributed by atoms with Crippen molar-refractivity contribution in [3.63, 3.8) is 0 Å². The minimum Gasteiger partial charge on any atom is -0.323 e. The first kappa shape index (κ1) is 21.9. The van der Waals surface area contributed by atoms with Gasteiger partial charge in [-0.05, 0) is 37.3 Å². The second kappa shape index (κ2) is 9.06. The summed E-state index contributed by atoms with van der Waals surface area (Å²) in [5.74, 6) is -1.00. The molecule has 8 heteroatoms. The van der Waals surface area contributed by atoms with Crippen LogP contribution < -0.4 is 10.6 Å². The van der Waals surface area contributed by atoms with E-state index in [0.29, 0.717) is 16.3 Å². The molecule has 0 aliphatic carbocycles. The van der Waals surface area contributed by atoms with Crippen LogP contribution in [0.4, 0.5) is 10.5 Å². The highest BCUT2D eigenvalue weighted by Crippen LogP contribution is 2.35. The van der Waals surface area contributed by atoms with E-state index >= 15 is 0 Å². The van der Waals surface area contributed by atoms with Gasteiger partial charge in [-0.3, -0.25) is 14.5 Å². The molecule has 1 fully saturated rings. The van der Waals surface area contributed by atoms with Crippen molar-refractivity contribution >= 4 is 46.9 Å². The Balaban J connectivity index is 1.49. The van der Waals surface area contributed by atoms with Crippen molar-refractivity contribution in [2.24, 2.45) is 0 Å². The minimum atomic E-state index is -1.34. The Morgan fingerprint density at radius 2 is 1.66 bits per heavy atom. The Labute approximate surface area is 194 Å². The summed E-state index contributed by atoms with van der Waals surface area (Å²) in [5, 5.41) is 5.85. The third kappa shape index (κ3) is 4.35. The van der Waals surface area contributed by atoms with Crippen molar-refractivity contribution in [3.05, 3.63) is 89.4 Å². The monoisotopic (exact) mass is 465 g/mol. The molecule has 1 atom stereocenters. The first-order valence-electron chi connectivity index (χ1n) is 9.89. The van der Waals surface area contributed by atoms with Crippen molar-refractivity contribution in [2.45, 2.75) is 22.3 Å². The lowest BCUT2D eigenvalue weighted by atomic mass is 9.92. The first-order chi connectivity index (χ1) is 15.4. The Morgan fingerprint density at radius 1 is 1.00 bits per heavy atom. The number of carbonyl (C=O) groups excluding carboxylic acids is 3. The van der Waals surface area contributed by atoms with Gasteiger partial charge >= 0.3 is 6.03 Å². The number of benzene rings is 3. The van der Waals surface area contributed by atoms with Crippen LogP contribution in [0.1, 0.15) is 12.5 Å². The summed E-state index contributed by atoms with van der Waals surface area (Å²) >= 11 is 7.76. The smallest absolute Gasteiger partial charge is 0.323 e. The fraction of sp³-hybridized carbons (Fsp3) is 0.125. The van der Waals surface area contributed by atoms with E-state index in [1.807, 2.05) is 48.5 Å². The van der Waals surface area contributed by atoms with E-state index in [1.54, 1.807) is 37.3 Å². The largest absolute Gasteiger partial charge is 0.325 e. The summed E-state index contributed by atoms with van der Waals surface area (Å²) in [4.78, 5) is 41.2. The Hall–Kier alpha value is -3.29. The molecule has 3 aromatic rings. The highest BCUT2D eigenvalue weighted by Gasteiger charge is 2.50. The molecule has 0 aromatic heterocycles. The van der Waals surface area contributed by atoms with Gasteiger partial charge in [0.25, 0.3) is 5.91 Å². The number of nitrogens with zero attached hydrogens (tertiary/aromatic N) is 1. The molecule has 162 valence electrons. The summed E-state index contributed by atoms with van der Waals surface area (Å²) in [7, 11) is 0. The van der Waals surface area contributed by atoms with Crippen molar-refractivity contribution in [3.8, 4) is 0 Å². The molecule has 0 radical (unpaired) electrons. The van der Waals surface area contributed by atoms with E-state index in [1.165, 1.54) is 11.8 Å². The van der Waals surface area contributed by atoms with Gasteiger partial charge in [0.15, 0.2) is 0 Å². The molecule has 4 rings (SSSR count). The molecular weight excluding hydrogens is 446 g/mol. The summed E-state index contributed by atoms with van der Waals surface area (Å²) in [6.45, 7) is 1.17. The molecule has 1 aliphatic heterocycles. The fourth-order valence-corrected chi connectivity index (χ4v) is 4.75. The molecule has 6 nitrogen and oxygen atoms in total. The molecular formula is C24H20ClN3O3S. The fourth-order valence-electron chi connectivity index (χ4n) is 3.50. The number of hydrogen-bond donors (Lipinski definition) is 2. The summed E-state index contributed by atoms with van der Waals surface area (Å²) < 4.78 is 0. The molecule has 1 saturated heterocycles. The van der Waals surface area contributed by atoms with Crippen LogP contribution in [0.25, 0.3) is 0 Å². The molecule has 0 spiro atoms. The highest BCUT2D eigenvalue weighted by atomic mass is 35.5. The number of urea groups is 1. The van der Waals surface area contributed by atoms with E-state index in [9.17, 15) is 14.4 Å². The van der Waals surface area contributed by atoms with Crippen LogP contribution >= 0.6 is 23.4 Å². The SMILES string of the molecule is C[C@]1(c2ccccc2Cl)NC(=O)N(CC(=O)Nc2ccccc2Sc2ccccc2)C1=O. The van der Waals surface area contributed by atoms with E-state index in [0.717, 1.165) is 14.7 Å². The normalized spacial score (nSPS) is 17.9. The lowest BCUT2D eigenvalue weighted by molar-refractivity contribution is -0.133. The minimum absolute atomic E-state index is 0.363. The first-order valence-corrected chi connectivity index (χ1v) is 11.1. The van der Waals surface area contributed by atoms with Gasteiger partial charge in [0.2, 0.25) is 5.91 Å². The number of amides is 4. The molecule has 0 unspecified atom stereocenters. The number of carbonyl (C=O) groups is 3. The quantitative estimate of drug-likeness (QED) is 0.508.